The molecule has 40 heavy (non-hydrogen) atoms. The summed E-state index contributed by atoms with van der Waals surface area (Å²) in [7, 11) is 0. The van der Waals surface area contributed by atoms with E-state index in [-0.39, 0.29) is 25.6 Å². The molecule has 3 aliphatic heterocycles. The Hall–Kier alpha value is -0.680. The first kappa shape index (κ1) is 32.2. The first-order valence-corrected chi connectivity index (χ1v) is 13.7. The number of aliphatic hydroxyl groups is 5. The Labute approximate surface area is 231 Å². The summed E-state index contributed by atoms with van der Waals surface area (Å²) < 4.78 is 35.1. The lowest BCUT2D eigenvalue weighted by atomic mass is 9.84. The summed E-state index contributed by atoms with van der Waals surface area (Å²) in [6.45, 7) is -0.446. The van der Waals surface area contributed by atoms with Gasteiger partial charge in [0.2, 0.25) is 0 Å². The SMILES string of the molecule is NCC1CCC(N)C(OC2C(N)CC(N)C(O)C2OC2OC(CO)C(OC3OC(N)C(O)C(O)C3CN)C2O)O1. The Morgan fingerprint density at radius 1 is 0.625 bits per heavy atom. The van der Waals surface area contributed by atoms with Crippen molar-refractivity contribution >= 4 is 0 Å². The molecule has 4 aliphatic rings. The van der Waals surface area contributed by atoms with Crippen molar-refractivity contribution < 1.29 is 54.0 Å². The highest BCUT2D eigenvalue weighted by Gasteiger charge is 2.53. The van der Waals surface area contributed by atoms with Crippen LogP contribution in [0.4, 0.5) is 0 Å². The molecule has 3 heterocycles. The van der Waals surface area contributed by atoms with Crippen molar-refractivity contribution in [3.05, 3.63) is 0 Å². The quantitative estimate of drug-likeness (QED) is 0.120. The second kappa shape index (κ2) is 13.7. The highest BCUT2D eigenvalue weighted by Crippen LogP contribution is 2.35. The van der Waals surface area contributed by atoms with Gasteiger partial charge in [-0.15, -0.1) is 0 Å². The highest BCUT2D eigenvalue weighted by molar-refractivity contribution is 5.01. The number of hydrogen-bond acceptors (Lipinski definition) is 17. The van der Waals surface area contributed by atoms with Gasteiger partial charge >= 0.3 is 0 Å². The van der Waals surface area contributed by atoms with Crippen LogP contribution < -0.4 is 34.4 Å². The van der Waals surface area contributed by atoms with Crippen molar-refractivity contribution in [1.82, 2.24) is 0 Å². The predicted molar refractivity (Wildman–Crippen MR) is 135 cm³/mol. The minimum absolute atomic E-state index is 0.136. The Kier molecular flexibility index (Phi) is 11.1. The average Bonchev–Trinajstić information content (AvgIpc) is 3.22. The molecule has 0 radical (unpaired) electrons. The van der Waals surface area contributed by atoms with Crippen LogP contribution in [-0.4, -0.2) is 143 Å². The van der Waals surface area contributed by atoms with E-state index in [2.05, 4.69) is 0 Å². The minimum atomic E-state index is -1.52. The number of rotatable bonds is 9. The van der Waals surface area contributed by atoms with Crippen molar-refractivity contribution in [2.75, 3.05) is 19.7 Å². The van der Waals surface area contributed by atoms with E-state index >= 15 is 0 Å². The van der Waals surface area contributed by atoms with Crippen LogP contribution in [0.15, 0.2) is 0 Å². The van der Waals surface area contributed by atoms with E-state index in [0.29, 0.717) is 12.8 Å². The summed E-state index contributed by atoms with van der Waals surface area (Å²) in [5.74, 6) is -0.896. The van der Waals surface area contributed by atoms with Crippen LogP contribution in [0.25, 0.3) is 0 Å². The Morgan fingerprint density at radius 2 is 1.30 bits per heavy atom. The van der Waals surface area contributed by atoms with Crippen LogP contribution >= 0.6 is 0 Å². The van der Waals surface area contributed by atoms with Crippen LogP contribution in [0, 0.1) is 5.92 Å². The van der Waals surface area contributed by atoms with E-state index < -0.39 is 105 Å². The van der Waals surface area contributed by atoms with Crippen molar-refractivity contribution in [3.8, 4) is 0 Å². The first-order valence-electron chi connectivity index (χ1n) is 13.7. The molecule has 17 unspecified atom stereocenters. The predicted octanol–water partition coefficient (Wildman–Crippen LogP) is -6.63. The van der Waals surface area contributed by atoms with Crippen LogP contribution in [0.5, 0.6) is 0 Å². The molecule has 4 rings (SSSR count). The van der Waals surface area contributed by atoms with E-state index in [4.69, 9.17) is 62.8 Å². The van der Waals surface area contributed by atoms with Gasteiger partial charge in [-0.05, 0) is 19.3 Å². The van der Waals surface area contributed by atoms with Crippen molar-refractivity contribution in [2.45, 2.75) is 117 Å². The molecule has 4 fully saturated rings. The summed E-state index contributed by atoms with van der Waals surface area (Å²) in [6, 6.07) is -1.93. The number of nitrogens with two attached hydrogens (primary N) is 6. The van der Waals surface area contributed by atoms with Gasteiger partial charge in [-0.3, -0.25) is 0 Å². The maximum atomic E-state index is 11.1. The molecule has 17 atom stereocenters. The fourth-order valence-electron chi connectivity index (χ4n) is 5.71. The molecule has 0 amide bonds. The van der Waals surface area contributed by atoms with E-state index in [1.165, 1.54) is 0 Å². The fraction of sp³-hybridized carbons (Fsp3) is 1.00. The van der Waals surface area contributed by atoms with Crippen molar-refractivity contribution in [3.63, 3.8) is 0 Å². The average molecular weight is 583 g/mol. The third kappa shape index (κ3) is 6.61. The topological polar surface area (TPSA) is 313 Å². The standard InChI is InChI=1S/C23H46N6O11/c24-4-7-1-2-9(26)22(35-7)37-17-11(28)3-10(27)14(32)19(17)39-23-16(34)18(12(6-30)36-23)38-21-8(5-25)13(31)15(33)20(29)40-21/h7-23,30-34H,1-6,24-29H2. The molecule has 0 spiro atoms. The molecule has 3 saturated heterocycles. The Bertz CT molecular complexity index is 808. The lowest BCUT2D eigenvalue weighted by Gasteiger charge is -2.45. The molecule has 17 N–H and O–H groups in total. The minimum Gasteiger partial charge on any atom is -0.394 e. The summed E-state index contributed by atoms with van der Waals surface area (Å²) in [5, 5.41) is 52.5. The lowest BCUT2D eigenvalue weighted by molar-refractivity contribution is -0.299. The molecule has 1 aliphatic carbocycles. The monoisotopic (exact) mass is 582 g/mol. The zero-order chi connectivity index (χ0) is 29.3. The summed E-state index contributed by atoms with van der Waals surface area (Å²) in [4.78, 5) is 0. The van der Waals surface area contributed by atoms with Gasteiger partial charge < -0.3 is 88.4 Å². The van der Waals surface area contributed by atoms with Crippen molar-refractivity contribution in [1.29, 1.82) is 0 Å². The second-order valence-corrected chi connectivity index (χ2v) is 11.0. The lowest BCUT2D eigenvalue weighted by Crippen LogP contribution is -2.65. The fourth-order valence-corrected chi connectivity index (χ4v) is 5.71. The smallest absolute Gasteiger partial charge is 0.187 e. The van der Waals surface area contributed by atoms with Crippen LogP contribution in [-0.2, 0) is 28.4 Å². The normalized spacial score (nSPS) is 52.1. The Morgan fingerprint density at radius 3 is 1.95 bits per heavy atom. The van der Waals surface area contributed by atoms with E-state index in [0.717, 1.165) is 0 Å². The van der Waals surface area contributed by atoms with E-state index in [9.17, 15) is 25.5 Å². The number of hydrogen-bond donors (Lipinski definition) is 11. The van der Waals surface area contributed by atoms with Crippen molar-refractivity contribution in [2.24, 2.45) is 40.3 Å². The molecule has 0 aromatic heterocycles. The summed E-state index contributed by atoms with van der Waals surface area (Å²) in [6.07, 6.45) is -13.6. The zero-order valence-electron chi connectivity index (χ0n) is 22.2. The second-order valence-electron chi connectivity index (χ2n) is 11.0. The van der Waals surface area contributed by atoms with Crippen LogP contribution in [0.1, 0.15) is 19.3 Å². The van der Waals surface area contributed by atoms with Gasteiger partial charge in [-0.2, -0.15) is 0 Å². The van der Waals surface area contributed by atoms with Gasteiger partial charge in [0.05, 0.1) is 36.9 Å². The molecule has 0 aromatic carbocycles. The van der Waals surface area contributed by atoms with Gasteiger partial charge in [0, 0.05) is 25.2 Å². The molecule has 0 aromatic rings. The molecular weight excluding hydrogens is 536 g/mol. The highest BCUT2D eigenvalue weighted by atomic mass is 16.8. The number of aliphatic hydroxyl groups excluding tert-OH is 5. The van der Waals surface area contributed by atoms with Gasteiger partial charge in [0.25, 0.3) is 0 Å². The Balaban J connectivity index is 1.48. The third-order valence-corrected chi connectivity index (χ3v) is 8.21. The van der Waals surface area contributed by atoms with Crippen LogP contribution in [0.2, 0.25) is 0 Å². The maximum absolute atomic E-state index is 11.1. The largest absolute Gasteiger partial charge is 0.394 e. The zero-order valence-corrected chi connectivity index (χ0v) is 22.2. The van der Waals surface area contributed by atoms with E-state index in [1.807, 2.05) is 0 Å². The van der Waals surface area contributed by atoms with Gasteiger partial charge in [0.15, 0.2) is 18.9 Å². The molecule has 17 heteroatoms. The maximum Gasteiger partial charge on any atom is 0.187 e. The van der Waals surface area contributed by atoms with E-state index in [1.54, 1.807) is 0 Å². The number of ether oxygens (including phenoxy) is 6. The molecule has 17 nitrogen and oxygen atoms in total. The van der Waals surface area contributed by atoms with Gasteiger partial charge in [0.1, 0.15) is 42.9 Å². The molecule has 1 saturated carbocycles. The van der Waals surface area contributed by atoms with Gasteiger partial charge in [-0.25, -0.2) is 0 Å². The summed E-state index contributed by atoms with van der Waals surface area (Å²) in [5.41, 5.74) is 35.9. The molecular formula is C23H46N6O11. The third-order valence-electron chi connectivity index (χ3n) is 8.21. The molecule has 0 bridgehead atoms. The first-order chi connectivity index (χ1) is 19.0. The van der Waals surface area contributed by atoms with Crippen LogP contribution in [0.3, 0.4) is 0 Å². The molecule has 234 valence electrons. The summed E-state index contributed by atoms with van der Waals surface area (Å²) >= 11 is 0. The van der Waals surface area contributed by atoms with Gasteiger partial charge in [-0.1, -0.05) is 0 Å².